The van der Waals surface area contributed by atoms with Crippen molar-refractivity contribution in [2.24, 2.45) is 0 Å². The van der Waals surface area contributed by atoms with E-state index in [2.05, 4.69) is 20.8 Å². The number of aromatic nitrogens is 2. The molecule has 0 saturated carbocycles. The van der Waals surface area contributed by atoms with Gasteiger partial charge < -0.3 is 10.6 Å². The molecule has 0 aliphatic carbocycles. The first-order chi connectivity index (χ1) is 14.1. The molecule has 6 nitrogen and oxygen atoms in total. The van der Waals surface area contributed by atoms with Gasteiger partial charge in [-0.05, 0) is 55.5 Å². The average molecular weight is 402 g/mol. The Hall–Kier alpha value is -3.71. The van der Waals surface area contributed by atoms with E-state index in [1.165, 1.54) is 4.88 Å². The normalized spacial score (nSPS) is 10.5. The van der Waals surface area contributed by atoms with Crippen LogP contribution in [0.15, 0.2) is 72.8 Å². The standard InChI is InChI=1S/C22H18N4O2S/c1-14-7-12-19(29-14)18-13-20(26-25-18)24-22(28)16-8-10-17(11-9-16)23-21(27)15-5-3-2-4-6-15/h2-13H,1H3,(H,23,27)(H2,24,25,26,28). The van der Waals surface area contributed by atoms with Gasteiger partial charge in [0.2, 0.25) is 0 Å². The molecule has 144 valence electrons. The molecule has 4 aromatic rings. The zero-order valence-corrected chi connectivity index (χ0v) is 16.4. The van der Waals surface area contributed by atoms with E-state index in [4.69, 9.17) is 0 Å². The van der Waals surface area contributed by atoms with Gasteiger partial charge in [-0.25, -0.2) is 0 Å². The third kappa shape index (κ3) is 4.41. The van der Waals surface area contributed by atoms with Crippen LogP contribution in [0, 0.1) is 6.92 Å². The van der Waals surface area contributed by atoms with E-state index in [0.29, 0.717) is 22.6 Å². The Morgan fingerprint density at radius 1 is 0.862 bits per heavy atom. The molecule has 29 heavy (non-hydrogen) atoms. The summed E-state index contributed by atoms with van der Waals surface area (Å²) in [5.41, 5.74) is 2.52. The zero-order chi connectivity index (χ0) is 20.2. The molecule has 0 aliphatic rings. The highest BCUT2D eigenvalue weighted by molar-refractivity contribution is 7.15. The monoisotopic (exact) mass is 402 g/mol. The summed E-state index contributed by atoms with van der Waals surface area (Å²) in [6.07, 6.45) is 0. The summed E-state index contributed by atoms with van der Waals surface area (Å²) >= 11 is 1.66. The largest absolute Gasteiger partial charge is 0.322 e. The number of nitrogens with one attached hydrogen (secondary N) is 3. The van der Waals surface area contributed by atoms with Gasteiger partial charge in [-0.15, -0.1) is 11.3 Å². The van der Waals surface area contributed by atoms with Gasteiger partial charge in [0, 0.05) is 27.8 Å². The van der Waals surface area contributed by atoms with E-state index in [1.54, 1.807) is 53.8 Å². The summed E-state index contributed by atoms with van der Waals surface area (Å²) in [4.78, 5) is 26.9. The summed E-state index contributed by atoms with van der Waals surface area (Å²) in [5, 5.41) is 12.7. The summed E-state index contributed by atoms with van der Waals surface area (Å²) in [7, 11) is 0. The minimum absolute atomic E-state index is 0.198. The van der Waals surface area contributed by atoms with Crippen LogP contribution in [0.4, 0.5) is 11.5 Å². The Morgan fingerprint density at radius 3 is 2.24 bits per heavy atom. The highest BCUT2D eigenvalue weighted by Gasteiger charge is 2.11. The number of aromatic amines is 1. The van der Waals surface area contributed by atoms with Crippen molar-refractivity contribution in [2.75, 3.05) is 10.6 Å². The number of amides is 2. The Morgan fingerprint density at radius 2 is 1.55 bits per heavy atom. The quantitative estimate of drug-likeness (QED) is 0.441. The van der Waals surface area contributed by atoms with Gasteiger partial charge in [0.15, 0.2) is 5.82 Å². The summed E-state index contributed by atoms with van der Waals surface area (Å²) in [6.45, 7) is 2.04. The van der Waals surface area contributed by atoms with Crippen LogP contribution in [0.2, 0.25) is 0 Å². The number of hydrogen-bond acceptors (Lipinski definition) is 4. The predicted octanol–water partition coefficient (Wildman–Crippen LogP) is 4.95. The van der Waals surface area contributed by atoms with Gasteiger partial charge in [-0.2, -0.15) is 5.10 Å². The molecule has 2 heterocycles. The molecule has 2 amide bonds. The number of carbonyl (C=O) groups is 2. The molecule has 0 bridgehead atoms. The topological polar surface area (TPSA) is 86.9 Å². The molecule has 0 aliphatic heterocycles. The maximum absolute atomic E-state index is 12.5. The van der Waals surface area contributed by atoms with Gasteiger partial charge in [0.25, 0.3) is 11.8 Å². The molecule has 0 saturated heterocycles. The number of carbonyl (C=O) groups excluding carboxylic acids is 2. The SMILES string of the molecule is Cc1ccc(-c2cc(NC(=O)c3ccc(NC(=O)c4ccccc4)cc3)n[nH]2)s1. The van der Waals surface area contributed by atoms with Crippen LogP contribution < -0.4 is 10.6 Å². The second-order valence-corrected chi connectivity index (χ2v) is 7.72. The lowest BCUT2D eigenvalue weighted by atomic mass is 10.1. The number of thiophene rings is 1. The maximum Gasteiger partial charge on any atom is 0.256 e. The summed E-state index contributed by atoms with van der Waals surface area (Å²) < 4.78 is 0. The molecule has 0 radical (unpaired) electrons. The average Bonchev–Trinajstić information content (AvgIpc) is 3.38. The van der Waals surface area contributed by atoms with E-state index >= 15 is 0 Å². The minimum Gasteiger partial charge on any atom is -0.322 e. The van der Waals surface area contributed by atoms with Crippen LogP contribution in [0.25, 0.3) is 10.6 Å². The zero-order valence-electron chi connectivity index (χ0n) is 15.6. The van der Waals surface area contributed by atoms with Crippen molar-refractivity contribution in [3.63, 3.8) is 0 Å². The van der Waals surface area contributed by atoms with Gasteiger partial charge in [0.05, 0.1) is 10.6 Å². The Labute approximate surface area is 171 Å². The summed E-state index contributed by atoms with van der Waals surface area (Å²) in [5.74, 6) is -0.0143. The fourth-order valence-electron chi connectivity index (χ4n) is 2.78. The van der Waals surface area contributed by atoms with Crippen molar-refractivity contribution in [2.45, 2.75) is 6.92 Å². The van der Waals surface area contributed by atoms with Crippen LogP contribution in [-0.2, 0) is 0 Å². The minimum atomic E-state index is -0.272. The van der Waals surface area contributed by atoms with Gasteiger partial charge in [-0.1, -0.05) is 18.2 Å². The predicted molar refractivity (Wildman–Crippen MR) is 115 cm³/mol. The smallest absolute Gasteiger partial charge is 0.256 e. The van der Waals surface area contributed by atoms with Crippen LogP contribution >= 0.6 is 11.3 Å². The van der Waals surface area contributed by atoms with Crippen LogP contribution in [0.1, 0.15) is 25.6 Å². The molecule has 2 aromatic carbocycles. The molecule has 4 rings (SSSR count). The number of nitrogens with zero attached hydrogens (tertiary/aromatic N) is 1. The van der Waals surface area contributed by atoms with Gasteiger partial charge >= 0.3 is 0 Å². The second-order valence-electron chi connectivity index (χ2n) is 6.43. The van der Waals surface area contributed by atoms with Crippen LogP contribution in [-0.4, -0.2) is 22.0 Å². The molecule has 0 fully saturated rings. The fraction of sp³-hybridized carbons (Fsp3) is 0.0455. The van der Waals surface area contributed by atoms with Crippen molar-refractivity contribution in [1.82, 2.24) is 10.2 Å². The van der Waals surface area contributed by atoms with E-state index < -0.39 is 0 Å². The third-order valence-electron chi connectivity index (χ3n) is 4.27. The maximum atomic E-state index is 12.5. The molecule has 0 spiro atoms. The van der Waals surface area contributed by atoms with Crippen molar-refractivity contribution >= 4 is 34.7 Å². The third-order valence-corrected chi connectivity index (χ3v) is 5.30. The van der Waals surface area contributed by atoms with Crippen molar-refractivity contribution in [3.05, 3.63) is 88.8 Å². The highest BCUT2D eigenvalue weighted by Crippen LogP contribution is 2.27. The number of aryl methyl sites for hydroxylation is 1. The first kappa shape index (κ1) is 18.6. The van der Waals surface area contributed by atoms with Crippen LogP contribution in [0.3, 0.4) is 0 Å². The number of hydrogen-bond donors (Lipinski definition) is 3. The Kier molecular flexibility index (Phi) is 5.22. The number of anilines is 2. The highest BCUT2D eigenvalue weighted by atomic mass is 32.1. The lowest BCUT2D eigenvalue weighted by Gasteiger charge is -2.06. The number of benzene rings is 2. The lowest BCUT2D eigenvalue weighted by molar-refractivity contribution is 0.101. The Balaban J connectivity index is 1.39. The van der Waals surface area contributed by atoms with Crippen molar-refractivity contribution < 1.29 is 9.59 Å². The fourth-order valence-corrected chi connectivity index (χ4v) is 3.61. The molecular weight excluding hydrogens is 384 g/mol. The molecule has 0 unspecified atom stereocenters. The Bertz CT molecular complexity index is 1150. The molecular formula is C22H18N4O2S. The molecule has 0 atom stereocenters. The second kappa shape index (κ2) is 8.12. The van der Waals surface area contributed by atoms with Crippen molar-refractivity contribution in [3.8, 4) is 10.6 Å². The van der Waals surface area contributed by atoms with Gasteiger partial charge in [0.1, 0.15) is 0 Å². The first-order valence-corrected chi connectivity index (χ1v) is 9.80. The molecule has 3 N–H and O–H groups in total. The lowest BCUT2D eigenvalue weighted by Crippen LogP contribution is -2.13. The first-order valence-electron chi connectivity index (χ1n) is 8.98. The van der Waals surface area contributed by atoms with Gasteiger partial charge in [-0.3, -0.25) is 14.7 Å². The summed E-state index contributed by atoms with van der Waals surface area (Å²) in [6, 6.07) is 21.5. The molecule has 2 aromatic heterocycles. The van der Waals surface area contributed by atoms with E-state index in [-0.39, 0.29) is 11.8 Å². The van der Waals surface area contributed by atoms with Crippen LogP contribution in [0.5, 0.6) is 0 Å². The molecule has 7 heteroatoms. The van der Waals surface area contributed by atoms with E-state index in [9.17, 15) is 9.59 Å². The number of H-pyrrole nitrogens is 1. The van der Waals surface area contributed by atoms with E-state index in [1.807, 2.05) is 37.3 Å². The van der Waals surface area contributed by atoms with E-state index in [0.717, 1.165) is 10.6 Å². The van der Waals surface area contributed by atoms with Crippen molar-refractivity contribution in [1.29, 1.82) is 0 Å². The number of rotatable bonds is 5.